The quantitative estimate of drug-likeness (QED) is 0.173. The summed E-state index contributed by atoms with van der Waals surface area (Å²) >= 11 is 1.87. The van der Waals surface area contributed by atoms with Crippen LogP contribution < -0.4 is 0 Å². The molecule has 0 fully saturated rings. The van der Waals surface area contributed by atoms with Gasteiger partial charge < -0.3 is 13.5 Å². The monoisotopic (exact) mass is 677 g/mol. The van der Waals surface area contributed by atoms with Gasteiger partial charge in [-0.3, -0.25) is 0 Å². The first-order valence-electron chi connectivity index (χ1n) is 17.9. The van der Waals surface area contributed by atoms with Gasteiger partial charge in [-0.25, -0.2) is 0 Å². The van der Waals surface area contributed by atoms with Crippen molar-refractivity contribution in [3.05, 3.63) is 164 Å². The molecule has 0 N–H and O–H groups in total. The molecule has 0 unspecified atom stereocenters. The molecule has 0 atom stereocenters. The van der Waals surface area contributed by atoms with Crippen LogP contribution in [0.4, 0.5) is 0 Å². The Morgan fingerprint density at radius 1 is 0.308 bits per heavy atom. The maximum atomic E-state index is 2.48. The normalized spacial score (nSPS) is 12.6. The van der Waals surface area contributed by atoms with E-state index in [1.807, 2.05) is 11.3 Å². The lowest BCUT2D eigenvalue weighted by Gasteiger charge is -2.10. The van der Waals surface area contributed by atoms with Crippen molar-refractivity contribution in [2.45, 2.75) is 0 Å². The molecule has 5 aromatic heterocycles. The van der Waals surface area contributed by atoms with E-state index in [1.54, 1.807) is 0 Å². The van der Waals surface area contributed by atoms with Crippen molar-refractivity contribution < 1.29 is 0 Å². The summed E-state index contributed by atoms with van der Waals surface area (Å²) in [5.74, 6) is 0. The van der Waals surface area contributed by atoms with Crippen LogP contribution in [0.25, 0.3) is 113 Å². The average Bonchev–Trinajstić information content (AvgIpc) is 3.99. The third kappa shape index (κ3) is 3.27. The molecule has 0 saturated carbocycles. The standard InChI is InChI=1S/C48H27N3S/c1-5-16-38-30(10-1)33-14-9-15-34-31-22-20-29(27-43(31)51(38)48(33)34)50-40-18-7-3-13-36(40)47-42(50)24-23-41-46(47)35-12-2-6-17-39(35)49(41)28-21-25-45-37(26-28)32-11-4-8-19-44(32)52-45/h1-27H. The zero-order valence-corrected chi connectivity index (χ0v) is 28.7. The minimum atomic E-state index is 1.17. The molecule has 0 amide bonds. The molecule has 5 heterocycles. The van der Waals surface area contributed by atoms with Gasteiger partial charge in [-0.05, 0) is 66.7 Å². The van der Waals surface area contributed by atoms with Gasteiger partial charge in [-0.15, -0.1) is 11.3 Å². The summed E-state index contributed by atoms with van der Waals surface area (Å²) in [5, 5.41) is 13.0. The first kappa shape index (κ1) is 27.1. The Hall–Kier alpha value is -6.62. The van der Waals surface area contributed by atoms with Gasteiger partial charge in [0.25, 0.3) is 0 Å². The van der Waals surface area contributed by atoms with E-state index >= 15 is 0 Å². The van der Waals surface area contributed by atoms with Crippen LogP contribution in [0.3, 0.4) is 0 Å². The highest BCUT2D eigenvalue weighted by atomic mass is 32.1. The maximum Gasteiger partial charge on any atom is 0.0620 e. The molecule has 0 spiro atoms. The molecule has 52 heavy (non-hydrogen) atoms. The lowest BCUT2D eigenvalue weighted by molar-refractivity contribution is 1.17. The second-order valence-electron chi connectivity index (χ2n) is 14.1. The van der Waals surface area contributed by atoms with Crippen LogP contribution in [0.15, 0.2) is 164 Å². The first-order chi connectivity index (χ1) is 25.8. The number of hydrogen-bond acceptors (Lipinski definition) is 1. The van der Waals surface area contributed by atoms with E-state index in [9.17, 15) is 0 Å². The molecule has 13 aromatic rings. The van der Waals surface area contributed by atoms with Crippen LogP contribution in [0, 0.1) is 0 Å². The van der Waals surface area contributed by atoms with Crippen LogP contribution in [0.5, 0.6) is 0 Å². The van der Waals surface area contributed by atoms with Gasteiger partial charge in [0.05, 0.1) is 38.6 Å². The number of para-hydroxylation sites is 4. The number of hydrogen-bond donors (Lipinski definition) is 0. The third-order valence-electron chi connectivity index (χ3n) is 11.6. The van der Waals surface area contributed by atoms with E-state index in [-0.39, 0.29) is 0 Å². The van der Waals surface area contributed by atoms with E-state index in [2.05, 4.69) is 177 Å². The molecule has 13 rings (SSSR count). The molecular weight excluding hydrogens is 651 g/mol. The molecular formula is C48H27N3S. The zero-order chi connectivity index (χ0) is 33.7. The van der Waals surface area contributed by atoms with E-state index in [0.29, 0.717) is 0 Å². The van der Waals surface area contributed by atoms with Gasteiger partial charge >= 0.3 is 0 Å². The summed E-state index contributed by atoms with van der Waals surface area (Å²) in [4.78, 5) is 0. The van der Waals surface area contributed by atoms with Crippen LogP contribution >= 0.6 is 11.3 Å². The summed E-state index contributed by atoms with van der Waals surface area (Å²) in [6, 6.07) is 60.9. The third-order valence-corrected chi connectivity index (χ3v) is 12.7. The molecule has 0 bridgehead atoms. The minimum Gasteiger partial charge on any atom is -0.309 e. The first-order valence-corrected chi connectivity index (χ1v) is 18.7. The van der Waals surface area contributed by atoms with Gasteiger partial charge in [0.1, 0.15) is 0 Å². The fourth-order valence-corrected chi connectivity index (χ4v) is 10.6. The van der Waals surface area contributed by atoms with Crippen LogP contribution in [-0.2, 0) is 0 Å². The van der Waals surface area contributed by atoms with E-state index in [0.717, 1.165) is 0 Å². The second kappa shape index (κ2) is 9.58. The Balaban J connectivity index is 1.13. The molecule has 0 aliphatic rings. The molecule has 240 valence electrons. The minimum absolute atomic E-state index is 1.17. The van der Waals surface area contributed by atoms with Gasteiger partial charge in [0, 0.05) is 74.6 Å². The van der Waals surface area contributed by atoms with Gasteiger partial charge in [0.15, 0.2) is 0 Å². The summed E-state index contributed by atoms with van der Waals surface area (Å²) in [6.45, 7) is 0. The molecule has 3 nitrogen and oxygen atoms in total. The maximum absolute atomic E-state index is 2.48. The van der Waals surface area contributed by atoms with Crippen molar-refractivity contribution in [3.63, 3.8) is 0 Å². The fourth-order valence-electron chi connectivity index (χ4n) is 9.49. The molecule has 0 aliphatic heterocycles. The second-order valence-corrected chi connectivity index (χ2v) is 15.2. The SMILES string of the molecule is c1ccc2c(c1)sc1ccc(-n3c4ccccc4c4c5c6ccccc6n(-c6ccc7c8cccc9c%10ccccc%10n(c7c6)c98)c5ccc43)cc12. The highest BCUT2D eigenvalue weighted by molar-refractivity contribution is 7.25. The molecule has 4 heteroatoms. The van der Waals surface area contributed by atoms with Crippen molar-refractivity contribution in [1.29, 1.82) is 0 Å². The average molecular weight is 678 g/mol. The Kier molecular flexibility index (Phi) is 5.00. The van der Waals surface area contributed by atoms with E-state index in [1.165, 1.54) is 113 Å². The summed E-state index contributed by atoms with van der Waals surface area (Å²) in [6.07, 6.45) is 0. The zero-order valence-electron chi connectivity index (χ0n) is 27.8. The highest BCUT2D eigenvalue weighted by Crippen LogP contribution is 2.45. The number of aromatic nitrogens is 3. The number of nitrogens with zero attached hydrogens (tertiary/aromatic N) is 3. The number of rotatable bonds is 2. The van der Waals surface area contributed by atoms with Gasteiger partial charge in [-0.2, -0.15) is 0 Å². The Morgan fingerprint density at radius 3 is 1.54 bits per heavy atom. The summed E-state index contributed by atoms with van der Waals surface area (Å²) in [5.41, 5.74) is 11.0. The smallest absolute Gasteiger partial charge is 0.0620 e. The van der Waals surface area contributed by atoms with Crippen molar-refractivity contribution in [1.82, 2.24) is 13.5 Å². The number of fused-ring (bicyclic) bond motifs is 16. The van der Waals surface area contributed by atoms with Crippen LogP contribution in [0.1, 0.15) is 0 Å². The topological polar surface area (TPSA) is 14.3 Å². The number of benzene rings is 8. The lowest BCUT2D eigenvalue weighted by atomic mass is 10.1. The van der Waals surface area contributed by atoms with Gasteiger partial charge in [0.2, 0.25) is 0 Å². The van der Waals surface area contributed by atoms with Crippen molar-refractivity contribution >= 4 is 113 Å². The molecule has 0 saturated heterocycles. The summed E-state index contributed by atoms with van der Waals surface area (Å²) < 4.78 is 10.1. The molecule has 0 aliphatic carbocycles. The summed E-state index contributed by atoms with van der Waals surface area (Å²) in [7, 11) is 0. The van der Waals surface area contributed by atoms with Crippen molar-refractivity contribution in [2.75, 3.05) is 0 Å². The highest BCUT2D eigenvalue weighted by Gasteiger charge is 2.22. The van der Waals surface area contributed by atoms with E-state index in [4.69, 9.17) is 0 Å². The van der Waals surface area contributed by atoms with Gasteiger partial charge in [-0.1, -0.05) is 97.1 Å². The van der Waals surface area contributed by atoms with Crippen molar-refractivity contribution in [2.24, 2.45) is 0 Å². The predicted octanol–water partition coefficient (Wildman–Crippen LogP) is 13.4. The molecule has 0 radical (unpaired) electrons. The lowest BCUT2D eigenvalue weighted by Crippen LogP contribution is -1.95. The van der Waals surface area contributed by atoms with E-state index < -0.39 is 0 Å². The Morgan fingerprint density at radius 2 is 0.827 bits per heavy atom. The molecule has 8 aromatic carbocycles. The predicted molar refractivity (Wildman–Crippen MR) is 223 cm³/mol. The Labute approximate surface area is 300 Å². The van der Waals surface area contributed by atoms with Crippen LogP contribution in [-0.4, -0.2) is 13.5 Å². The van der Waals surface area contributed by atoms with Crippen LogP contribution in [0.2, 0.25) is 0 Å². The largest absolute Gasteiger partial charge is 0.309 e. The Bertz CT molecular complexity index is 3640. The van der Waals surface area contributed by atoms with Crippen molar-refractivity contribution in [3.8, 4) is 11.4 Å². The number of thiophene rings is 1. The fraction of sp³-hybridized carbons (Fsp3) is 0.